The minimum atomic E-state index is 0.201. The Bertz CT molecular complexity index is 2900. The van der Waals surface area contributed by atoms with E-state index in [4.69, 9.17) is 0 Å². The summed E-state index contributed by atoms with van der Waals surface area (Å²) < 4.78 is 0. The van der Waals surface area contributed by atoms with Crippen LogP contribution in [0.25, 0.3) is 43.4 Å². The molecule has 10 rings (SSSR count). The van der Waals surface area contributed by atoms with Gasteiger partial charge in [-0.15, -0.1) is 0 Å². The van der Waals surface area contributed by atoms with Crippen LogP contribution in [0.4, 0.5) is 22.7 Å². The molecule has 7 aromatic carbocycles. The molecule has 0 heterocycles. The summed E-state index contributed by atoms with van der Waals surface area (Å²) in [5.74, 6) is 1.72. The fourth-order valence-corrected chi connectivity index (χ4v) is 10.5. The molecule has 3 unspecified atom stereocenters. The molecule has 0 aliphatic heterocycles. The largest absolute Gasteiger partial charge is 0.337 e. The van der Waals surface area contributed by atoms with Crippen LogP contribution in [-0.4, -0.2) is 6.04 Å². The fraction of sp³-hybridized carbons (Fsp3) is 0.220. The highest BCUT2D eigenvalue weighted by atomic mass is 15.2. The van der Waals surface area contributed by atoms with Gasteiger partial charge in [0.25, 0.3) is 0 Å². The molecular formula is C59H56N2. The van der Waals surface area contributed by atoms with Gasteiger partial charge < -0.3 is 9.80 Å². The molecule has 3 atom stereocenters. The third-order valence-electron chi connectivity index (χ3n) is 13.5. The van der Waals surface area contributed by atoms with Crippen LogP contribution in [0.5, 0.6) is 0 Å². The molecule has 0 saturated heterocycles. The number of benzene rings is 7. The minimum Gasteiger partial charge on any atom is -0.337 e. The van der Waals surface area contributed by atoms with Crippen molar-refractivity contribution < 1.29 is 0 Å². The number of hydrogen-bond donors (Lipinski definition) is 0. The van der Waals surface area contributed by atoms with E-state index in [0.29, 0.717) is 17.8 Å². The van der Waals surface area contributed by atoms with Gasteiger partial charge in [0.1, 0.15) is 0 Å². The first-order valence-corrected chi connectivity index (χ1v) is 22.5. The molecule has 0 spiro atoms. The van der Waals surface area contributed by atoms with Gasteiger partial charge in [0.15, 0.2) is 0 Å². The van der Waals surface area contributed by atoms with Gasteiger partial charge in [0, 0.05) is 39.1 Å². The molecule has 2 nitrogen and oxygen atoms in total. The van der Waals surface area contributed by atoms with Gasteiger partial charge in [-0.1, -0.05) is 180 Å². The molecule has 7 aromatic rings. The Balaban J connectivity index is 1.32. The van der Waals surface area contributed by atoms with Gasteiger partial charge in [-0.3, -0.25) is 0 Å². The highest BCUT2D eigenvalue weighted by Crippen LogP contribution is 2.51. The highest BCUT2D eigenvalue weighted by Gasteiger charge is 2.30. The number of nitrogens with zero attached hydrogens (tertiary/aromatic N) is 2. The summed E-state index contributed by atoms with van der Waals surface area (Å²) in [7, 11) is 0. The Labute approximate surface area is 362 Å². The zero-order valence-corrected chi connectivity index (χ0v) is 36.2. The van der Waals surface area contributed by atoms with Crippen LogP contribution < -0.4 is 9.80 Å². The van der Waals surface area contributed by atoms with E-state index in [1.807, 2.05) is 0 Å². The number of anilines is 4. The van der Waals surface area contributed by atoms with Crippen molar-refractivity contribution in [3.63, 3.8) is 0 Å². The third-order valence-corrected chi connectivity index (χ3v) is 13.5. The van der Waals surface area contributed by atoms with Gasteiger partial charge >= 0.3 is 0 Å². The van der Waals surface area contributed by atoms with E-state index in [1.54, 1.807) is 0 Å². The number of allylic oxidation sites excluding steroid dienone is 10. The molecule has 3 aliphatic carbocycles. The maximum absolute atomic E-state index is 2.70. The van der Waals surface area contributed by atoms with Crippen LogP contribution in [0.3, 0.4) is 0 Å². The summed E-state index contributed by atoms with van der Waals surface area (Å²) >= 11 is 0. The summed E-state index contributed by atoms with van der Waals surface area (Å²) in [6.45, 7) is 11.6. The van der Waals surface area contributed by atoms with Crippen molar-refractivity contribution in [1.29, 1.82) is 0 Å². The summed E-state index contributed by atoms with van der Waals surface area (Å²) in [5, 5.41) is 7.89. The lowest BCUT2D eigenvalue weighted by Crippen LogP contribution is -2.35. The van der Waals surface area contributed by atoms with E-state index in [1.165, 1.54) is 77.2 Å². The number of hydrogen-bond acceptors (Lipinski definition) is 2. The Kier molecular flexibility index (Phi) is 10.3. The summed E-state index contributed by atoms with van der Waals surface area (Å²) in [4.78, 5) is 5.20. The first kappa shape index (κ1) is 38.8. The molecule has 0 saturated carbocycles. The molecule has 61 heavy (non-hydrogen) atoms. The predicted molar refractivity (Wildman–Crippen MR) is 264 cm³/mol. The molecule has 0 amide bonds. The Hall–Kier alpha value is -6.38. The van der Waals surface area contributed by atoms with Crippen molar-refractivity contribution >= 4 is 55.1 Å². The summed E-state index contributed by atoms with van der Waals surface area (Å²) in [6, 6.07) is 46.3. The Morgan fingerprint density at radius 2 is 1.20 bits per heavy atom. The monoisotopic (exact) mass is 792 g/mol. The molecule has 0 fully saturated rings. The van der Waals surface area contributed by atoms with E-state index < -0.39 is 0 Å². The maximum Gasteiger partial charge on any atom is 0.0556 e. The molecule has 0 N–H and O–H groups in total. The van der Waals surface area contributed by atoms with Gasteiger partial charge in [-0.2, -0.15) is 0 Å². The quantitative estimate of drug-likeness (QED) is 0.127. The Morgan fingerprint density at radius 3 is 1.85 bits per heavy atom. The van der Waals surface area contributed by atoms with Gasteiger partial charge in [0.2, 0.25) is 0 Å². The van der Waals surface area contributed by atoms with E-state index >= 15 is 0 Å². The number of rotatable bonds is 10. The first-order valence-electron chi connectivity index (χ1n) is 22.5. The molecule has 3 aliphatic rings. The lowest BCUT2D eigenvalue weighted by Gasteiger charge is -2.39. The third kappa shape index (κ3) is 7.02. The lowest BCUT2D eigenvalue weighted by molar-refractivity contribution is 0.554. The average Bonchev–Trinajstić information content (AvgIpc) is 3.30. The summed E-state index contributed by atoms with van der Waals surface area (Å²) in [6.07, 6.45) is 26.2. The van der Waals surface area contributed by atoms with Crippen molar-refractivity contribution in [2.24, 2.45) is 11.8 Å². The first-order chi connectivity index (χ1) is 29.9. The second kappa shape index (κ2) is 16.2. The lowest BCUT2D eigenvalue weighted by atomic mass is 9.81. The Morgan fingerprint density at radius 1 is 0.557 bits per heavy atom. The molecule has 2 heteroatoms. The van der Waals surface area contributed by atoms with Gasteiger partial charge in [-0.05, 0) is 118 Å². The number of para-hydroxylation sites is 1. The fourth-order valence-electron chi connectivity index (χ4n) is 10.5. The molecule has 0 radical (unpaired) electrons. The van der Waals surface area contributed by atoms with Gasteiger partial charge in [-0.25, -0.2) is 0 Å². The van der Waals surface area contributed by atoms with Crippen LogP contribution in [0, 0.1) is 11.8 Å². The van der Waals surface area contributed by atoms with E-state index in [-0.39, 0.29) is 12.0 Å². The van der Waals surface area contributed by atoms with Crippen LogP contribution in [0.2, 0.25) is 0 Å². The van der Waals surface area contributed by atoms with Crippen molar-refractivity contribution in [3.8, 4) is 11.1 Å². The van der Waals surface area contributed by atoms with Crippen LogP contribution in [0.1, 0.15) is 76.8 Å². The zero-order chi connectivity index (χ0) is 41.6. The minimum absolute atomic E-state index is 0.201. The van der Waals surface area contributed by atoms with E-state index in [0.717, 1.165) is 30.6 Å². The van der Waals surface area contributed by atoms with Crippen LogP contribution in [0.15, 0.2) is 193 Å². The van der Waals surface area contributed by atoms with Crippen molar-refractivity contribution in [2.75, 3.05) is 9.80 Å². The SMILES string of the molecule is CC(C)C1=CC=C(N(c2cc(-c3ccccc3)c3ccc4c(N(c5ccccc5)c5ccc(C(C)C)cc5)cc(C5C=CC=CC5)c5ccc2c3c54)C2C=CC=CC2)CC1C. The smallest absolute Gasteiger partial charge is 0.0556 e. The molecule has 302 valence electrons. The standard InChI is InChI=1S/C59H56N2/c1-39(2)42-26-28-47(29-27-42)60(45-22-14-8-15-23-45)56-37-54(43-18-10-6-11-19-43)50-33-35-53-57(38-55(44-20-12-7-13-21-44)51-32-34-52(56)58(50)59(51)53)61(46-24-16-9-17-25-46)48-30-31-49(40(3)4)41(5)36-48/h6-18,20-24,26-35,37-41,43,46H,19,25,36H2,1-5H3. The van der Waals surface area contributed by atoms with Gasteiger partial charge in [0.05, 0.1) is 17.4 Å². The topological polar surface area (TPSA) is 6.48 Å². The van der Waals surface area contributed by atoms with E-state index in [2.05, 4.69) is 227 Å². The molecule has 0 aromatic heterocycles. The maximum atomic E-state index is 2.70. The van der Waals surface area contributed by atoms with Crippen molar-refractivity contribution in [1.82, 2.24) is 0 Å². The zero-order valence-electron chi connectivity index (χ0n) is 36.2. The second-order valence-corrected chi connectivity index (χ2v) is 18.0. The predicted octanol–water partition coefficient (Wildman–Crippen LogP) is 16.6. The van der Waals surface area contributed by atoms with Crippen molar-refractivity contribution in [3.05, 3.63) is 204 Å². The summed E-state index contributed by atoms with van der Waals surface area (Å²) in [5.41, 5.74) is 13.0. The van der Waals surface area contributed by atoms with E-state index in [9.17, 15) is 0 Å². The molecule has 0 bridgehead atoms. The van der Waals surface area contributed by atoms with Crippen LogP contribution >= 0.6 is 0 Å². The normalized spacial score (nSPS) is 18.8. The second-order valence-electron chi connectivity index (χ2n) is 18.0. The average molecular weight is 793 g/mol. The highest BCUT2D eigenvalue weighted by molar-refractivity contribution is 6.30. The van der Waals surface area contributed by atoms with Crippen molar-refractivity contribution in [2.45, 2.75) is 71.8 Å². The van der Waals surface area contributed by atoms with Crippen LogP contribution in [-0.2, 0) is 0 Å². The molecular weight excluding hydrogens is 737 g/mol.